The standard InChI is InChI=1S/C19H22N4O3/c1-22(2)14-8-9-20-17(11-14)21-19(25)13-10-18(24)23(12-13)15-6-4-5-7-16(15)26-3/h4-9,11,13H,10,12H2,1-3H3,(H,20,21,25). The summed E-state index contributed by atoms with van der Waals surface area (Å²) in [5.74, 6) is 0.354. The lowest BCUT2D eigenvalue weighted by atomic mass is 10.1. The molecule has 1 aliphatic heterocycles. The van der Waals surface area contributed by atoms with Crippen molar-refractivity contribution in [2.45, 2.75) is 6.42 Å². The van der Waals surface area contributed by atoms with Gasteiger partial charge in [-0.2, -0.15) is 0 Å². The lowest BCUT2D eigenvalue weighted by Gasteiger charge is -2.19. The molecule has 1 atom stereocenters. The molecule has 1 fully saturated rings. The van der Waals surface area contributed by atoms with E-state index in [-0.39, 0.29) is 18.2 Å². The minimum absolute atomic E-state index is 0.0929. The Labute approximate surface area is 152 Å². The quantitative estimate of drug-likeness (QED) is 0.890. The molecule has 0 spiro atoms. The minimum Gasteiger partial charge on any atom is -0.495 e. The Bertz CT molecular complexity index is 822. The van der Waals surface area contributed by atoms with Gasteiger partial charge in [0.2, 0.25) is 11.8 Å². The van der Waals surface area contributed by atoms with Crippen molar-refractivity contribution < 1.29 is 14.3 Å². The van der Waals surface area contributed by atoms with Gasteiger partial charge in [0.25, 0.3) is 0 Å². The molecule has 7 nitrogen and oxygen atoms in total. The third kappa shape index (κ3) is 3.61. The van der Waals surface area contributed by atoms with Gasteiger partial charge in [-0.15, -0.1) is 0 Å². The number of anilines is 3. The zero-order valence-electron chi connectivity index (χ0n) is 15.1. The predicted octanol–water partition coefficient (Wildman–Crippen LogP) is 2.15. The molecule has 3 rings (SSSR count). The van der Waals surface area contributed by atoms with E-state index in [1.807, 2.05) is 43.3 Å². The number of para-hydroxylation sites is 2. The van der Waals surface area contributed by atoms with Gasteiger partial charge in [-0.05, 0) is 18.2 Å². The highest BCUT2D eigenvalue weighted by Crippen LogP contribution is 2.33. The molecular formula is C19H22N4O3. The average Bonchev–Trinajstić information content (AvgIpc) is 3.03. The number of hydrogen-bond acceptors (Lipinski definition) is 5. The molecule has 1 aliphatic rings. The fraction of sp³-hybridized carbons (Fsp3) is 0.316. The van der Waals surface area contributed by atoms with E-state index in [1.54, 1.807) is 30.3 Å². The molecule has 0 bridgehead atoms. The molecule has 1 unspecified atom stereocenters. The number of pyridine rings is 1. The van der Waals surface area contributed by atoms with Crippen molar-refractivity contribution in [1.82, 2.24) is 4.98 Å². The number of aromatic nitrogens is 1. The van der Waals surface area contributed by atoms with Crippen molar-refractivity contribution >= 4 is 29.0 Å². The Hall–Kier alpha value is -3.09. The van der Waals surface area contributed by atoms with Gasteiger partial charge in [-0.1, -0.05) is 12.1 Å². The van der Waals surface area contributed by atoms with E-state index >= 15 is 0 Å². The summed E-state index contributed by atoms with van der Waals surface area (Å²) in [6.07, 6.45) is 1.81. The van der Waals surface area contributed by atoms with E-state index in [1.165, 1.54) is 0 Å². The summed E-state index contributed by atoms with van der Waals surface area (Å²) >= 11 is 0. The fourth-order valence-corrected chi connectivity index (χ4v) is 2.96. The Morgan fingerprint density at radius 2 is 2.08 bits per heavy atom. The lowest BCUT2D eigenvalue weighted by Crippen LogP contribution is -2.28. The smallest absolute Gasteiger partial charge is 0.230 e. The van der Waals surface area contributed by atoms with Gasteiger partial charge in [0.1, 0.15) is 11.6 Å². The second-order valence-electron chi connectivity index (χ2n) is 6.36. The van der Waals surface area contributed by atoms with E-state index < -0.39 is 5.92 Å². The molecule has 136 valence electrons. The van der Waals surface area contributed by atoms with Crippen LogP contribution in [0.2, 0.25) is 0 Å². The van der Waals surface area contributed by atoms with Crippen molar-refractivity contribution in [3.8, 4) is 5.75 Å². The van der Waals surface area contributed by atoms with Gasteiger partial charge in [0, 0.05) is 45.0 Å². The Kier molecular flexibility index (Phi) is 5.06. The molecule has 0 radical (unpaired) electrons. The number of hydrogen-bond donors (Lipinski definition) is 1. The van der Waals surface area contributed by atoms with Crippen molar-refractivity contribution in [3.05, 3.63) is 42.6 Å². The van der Waals surface area contributed by atoms with Crippen LogP contribution in [0.15, 0.2) is 42.6 Å². The van der Waals surface area contributed by atoms with Crippen molar-refractivity contribution in [2.75, 3.05) is 42.9 Å². The van der Waals surface area contributed by atoms with Crippen molar-refractivity contribution in [3.63, 3.8) is 0 Å². The molecule has 2 aromatic rings. The van der Waals surface area contributed by atoms with E-state index in [0.717, 1.165) is 5.69 Å². The Morgan fingerprint density at radius 1 is 1.31 bits per heavy atom. The summed E-state index contributed by atoms with van der Waals surface area (Å²) in [5, 5.41) is 2.81. The fourth-order valence-electron chi connectivity index (χ4n) is 2.96. The number of benzene rings is 1. The highest BCUT2D eigenvalue weighted by Gasteiger charge is 2.36. The van der Waals surface area contributed by atoms with Crippen LogP contribution in [0, 0.1) is 5.92 Å². The molecule has 26 heavy (non-hydrogen) atoms. The monoisotopic (exact) mass is 354 g/mol. The molecule has 0 saturated carbocycles. The molecule has 2 amide bonds. The molecule has 2 heterocycles. The molecule has 1 aromatic carbocycles. The maximum atomic E-state index is 12.6. The second-order valence-corrected chi connectivity index (χ2v) is 6.36. The van der Waals surface area contributed by atoms with E-state index in [2.05, 4.69) is 10.3 Å². The number of amides is 2. The number of nitrogens with one attached hydrogen (secondary N) is 1. The van der Waals surface area contributed by atoms with Crippen LogP contribution in [-0.2, 0) is 9.59 Å². The number of ether oxygens (including phenoxy) is 1. The van der Waals surface area contributed by atoms with Crippen molar-refractivity contribution in [1.29, 1.82) is 0 Å². The first kappa shape index (κ1) is 17.7. The van der Waals surface area contributed by atoms with Crippen LogP contribution in [-0.4, -0.2) is 44.5 Å². The molecule has 1 N–H and O–H groups in total. The van der Waals surface area contributed by atoms with Crippen LogP contribution in [0.4, 0.5) is 17.2 Å². The van der Waals surface area contributed by atoms with Crippen molar-refractivity contribution in [2.24, 2.45) is 5.92 Å². The summed E-state index contributed by atoms with van der Waals surface area (Å²) < 4.78 is 5.32. The SMILES string of the molecule is COc1ccccc1N1CC(C(=O)Nc2cc(N(C)C)ccn2)CC1=O. The zero-order valence-corrected chi connectivity index (χ0v) is 15.1. The number of rotatable bonds is 5. The first-order chi connectivity index (χ1) is 12.5. The first-order valence-corrected chi connectivity index (χ1v) is 8.37. The van der Waals surface area contributed by atoms with Gasteiger partial charge in [-0.25, -0.2) is 4.98 Å². The normalized spacial score (nSPS) is 16.5. The number of methoxy groups -OCH3 is 1. The third-order valence-corrected chi connectivity index (χ3v) is 4.38. The third-order valence-electron chi connectivity index (χ3n) is 4.38. The predicted molar refractivity (Wildman–Crippen MR) is 101 cm³/mol. The Balaban J connectivity index is 1.72. The van der Waals surface area contributed by atoms with Gasteiger partial charge < -0.3 is 19.9 Å². The molecule has 7 heteroatoms. The maximum Gasteiger partial charge on any atom is 0.230 e. The van der Waals surface area contributed by atoms with Crippen LogP contribution < -0.4 is 19.9 Å². The highest BCUT2D eigenvalue weighted by molar-refractivity contribution is 6.04. The van der Waals surface area contributed by atoms with Crippen LogP contribution >= 0.6 is 0 Å². The number of carbonyl (C=O) groups excluding carboxylic acids is 2. The van der Waals surface area contributed by atoms with Crippen LogP contribution in [0.1, 0.15) is 6.42 Å². The average molecular weight is 354 g/mol. The number of carbonyl (C=O) groups is 2. The summed E-state index contributed by atoms with van der Waals surface area (Å²) in [4.78, 5) is 32.7. The van der Waals surface area contributed by atoms with Crippen LogP contribution in [0.25, 0.3) is 0 Å². The van der Waals surface area contributed by atoms with Crippen LogP contribution in [0.5, 0.6) is 5.75 Å². The van der Waals surface area contributed by atoms with Gasteiger partial charge in [0.05, 0.1) is 18.7 Å². The summed E-state index contributed by atoms with van der Waals surface area (Å²) in [6.45, 7) is 0.318. The first-order valence-electron chi connectivity index (χ1n) is 8.37. The summed E-state index contributed by atoms with van der Waals surface area (Å²) in [6, 6.07) is 11.0. The van der Waals surface area contributed by atoms with Gasteiger partial charge in [-0.3, -0.25) is 9.59 Å². The van der Waals surface area contributed by atoms with E-state index in [0.29, 0.717) is 23.8 Å². The van der Waals surface area contributed by atoms with E-state index in [4.69, 9.17) is 4.74 Å². The maximum absolute atomic E-state index is 12.6. The summed E-state index contributed by atoms with van der Waals surface area (Å²) in [5.41, 5.74) is 1.62. The largest absolute Gasteiger partial charge is 0.495 e. The molecular weight excluding hydrogens is 332 g/mol. The van der Waals surface area contributed by atoms with Gasteiger partial charge in [0.15, 0.2) is 0 Å². The highest BCUT2D eigenvalue weighted by atomic mass is 16.5. The Morgan fingerprint density at radius 3 is 2.81 bits per heavy atom. The minimum atomic E-state index is -0.433. The lowest BCUT2D eigenvalue weighted by molar-refractivity contribution is -0.122. The number of nitrogens with zero attached hydrogens (tertiary/aromatic N) is 3. The molecule has 0 aliphatic carbocycles. The zero-order chi connectivity index (χ0) is 18.7. The van der Waals surface area contributed by atoms with E-state index in [9.17, 15) is 9.59 Å². The molecule has 1 saturated heterocycles. The van der Waals surface area contributed by atoms with Crippen LogP contribution in [0.3, 0.4) is 0 Å². The van der Waals surface area contributed by atoms with Gasteiger partial charge >= 0.3 is 0 Å². The molecule has 1 aromatic heterocycles. The topological polar surface area (TPSA) is 74.8 Å². The second kappa shape index (κ2) is 7.43. The summed E-state index contributed by atoms with van der Waals surface area (Å²) in [7, 11) is 5.40.